The lowest BCUT2D eigenvalue weighted by molar-refractivity contribution is -0.138. The van der Waals surface area contributed by atoms with Crippen LogP contribution in [0.25, 0.3) is 11.1 Å². The summed E-state index contributed by atoms with van der Waals surface area (Å²) in [5, 5.41) is 2.41. The van der Waals surface area contributed by atoms with Gasteiger partial charge in [0.1, 0.15) is 17.5 Å². The van der Waals surface area contributed by atoms with E-state index in [1.807, 2.05) is 19.1 Å². The average molecular weight is 511 g/mol. The van der Waals surface area contributed by atoms with Crippen molar-refractivity contribution in [1.29, 1.82) is 0 Å². The molecular formula is C29H29F3N2O3. The molecule has 37 heavy (non-hydrogen) atoms. The normalized spacial score (nSPS) is 18.4. The number of halogens is 3. The molecule has 1 heterocycles. The SMILES string of the molecule is CNC(=O)OCC[C@]1(c2ccc(F)cc2)CCN([C@@H](C)c2ccc(-c3ccc(F)cc3F)cc2)C(=O)C1. The Morgan fingerprint density at radius 3 is 2.32 bits per heavy atom. The molecule has 0 aliphatic carbocycles. The van der Waals surface area contributed by atoms with Crippen LogP contribution in [0.15, 0.2) is 66.7 Å². The van der Waals surface area contributed by atoms with Crippen molar-refractivity contribution in [3.05, 3.63) is 95.3 Å². The fraction of sp³-hybridized carbons (Fsp3) is 0.310. The summed E-state index contributed by atoms with van der Waals surface area (Å²) in [7, 11) is 1.48. The first-order chi connectivity index (χ1) is 17.7. The van der Waals surface area contributed by atoms with E-state index < -0.39 is 23.1 Å². The zero-order chi connectivity index (χ0) is 26.6. The van der Waals surface area contributed by atoms with Gasteiger partial charge in [-0.2, -0.15) is 0 Å². The number of amides is 2. The Hall–Kier alpha value is -3.81. The number of benzene rings is 3. The van der Waals surface area contributed by atoms with Gasteiger partial charge in [-0.25, -0.2) is 18.0 Å². The molecule has 1 aliphatic heterocycles. The van der Waals surface area contributed by atoms with Crippen LogP contribution in [0.1, 0.15) is 43.4 Å². The molecule has 1 N–H and O–H groups in total. The van der Waals surface area contributed by atoms with Crippen molar-refractivity contribution < 1.29 is 27.5 Å². The van der Waals surface area contributed by atoms with Crippen LogP contribution in [0, 0.1) is 17.5 Å². The molecule has 8 heteroatoms. The molecule has 3 aromatic carbocycles. The molecule has 0 aromatic heterocycles. The Balaban J connectivity index is 1.51. The third-order valence-corrected chi connectivity index (χ3v) is 7.22. The van der Waals surface area contributed by atoms with Crippen molar-refractivity contribution in [3.63, 3.8) is 0 Å². The molecule has 194 valence electrons. The van der Waals surface area contributed by atoms with Crippen LogP contribution in [0.2, 0.25) is 0 Å². The second kappa shape index (κ2) is 11.1. The van der Waals surface area contributed by atoms with Gasteiger partial charge in [-0.15, -0.1) is 0 Å². The quantitative estimate of drug-likeness (QED) is 0.416. The second-order valence-corrected chi connectivity index (χ2v) is 9.36. The first-order valence-electron chi connectivity index (χ1n) is 12.2. The zero-order valence-corrected chi connectivity index (χ0v) is 20.8. The maximum absolute atomic E-state index is 14.2. The van der Waals surface area contributed by atoms with Gasteiger partial charge in [-0.1, -0.05) is 36.4 Å². The summed E-state index contributed by atoms with van der Waals surface area (Å²) in [5.41, 5.74) is 2.05. The number of nitrogens with zero attached hydrogens (tertiary/aromatic N) is 1. The van der Waals surface area contributed by atoms with Gasteiger partial charge in [0.05, 0.1) is 12.6 Å². The minimum atomic E-state index is -0.635. The van der Waals surface area contributed by atoms with E-state index in [0.29, 0.717) is 30.5 Å². The highest BCUT2D eigenvalue weighted by molar-refractivity contribution is 5.79. The van der Waals surface area contributed by atoms with Crippen LogP contribution >= 0.6 is 0 Å². The number of hydrogen-bond donors (Lipinski definition) is 1. The monoisotopic (exact) mass is 510 g/mol. The Kier molecular flexibility index (Phi) is 7.86. The Bertz CT molecular complexity index is 1260. The lowest BCUT2D eigenvalue weighted by Gasteiger charge is -2.44. The van der Waals surface area contributed by atoms with Gasteiger partial charge in [0.25, 0.3) is 0 Å². The van der Waals surface area contributed by atoms with E-state index >= 15 is 0 Å². The first-order valence-corrected chi connectivity index (χ1v) is 12.2. The molecule has 4 rings (SSSR count). The van der Waals surface area contributed by atoms with Crippen LogP contribution in [0.3, 0.4) is 0 Å². The number of carbonyl (C=O) groups is 2. The van der Waals surface area contributed by atoms with Crippen LogP contribution < -0.4 is 5.32 Å². The van der Waals surface area contributed by atoms with Gasteiger partial charge < -0.3 is 15.0 Å². The first kappa shape index (κ1) is 26.3. The van der Waals surface area contributed by atoms with Gasteiger partial charge >= 0.3 is 6.09 Å². The van der Waals surface area contributed by atoms with Crippen molar-refractivity contribution in [1.82, 2.24) is 10.2 Å². The maximum atomic E-state index is 14.2. The minimum absolute atomic E-state index is 0.0586. The van der Waals surface area contributed by atoms with E-state index in [0.717, 1.165) is 17.2 Å². The number of piperidine rings is 1. The summed E-state index contributed by atoms with van der Waals surface area (Å²) >= 11 is 0. The Labute approximate surface area is 214 Å². The standard InChI is InChI=1S/C29H29F3N2O3/c1-19(20-3-5-21(6-4-20)25-12-11-24(31)17-26(25)32)34-15-13-29(18-27(34)35,14-16-37-28(36)33-2)22-7-9-23(30)10-8-22/h3-12,17,19H,13-16,18H2,1-2H3,(H,33,36)/t19-,29+/m0/s1. The number of rotatable bonds is 7. The third kappa shape index (κ3) is 5.79. The van der Waals surface area contributed by atoms with Crippen molar-refractivity contribution in [2.75, 3.05) is 20.2 Å². The summed E-state index contributed by atoms with van der Waals surface area (Å²) in [6.45, 7) is 2.53. The van der Waals surface area contributed by atoms with Gasteiger partial charge in [-0.3, -0.25) is 4.79 Å². The lowest BCUT2D eigenvalue weighted by atomic mass is 9.70. The molecule has 3 aromatic rings. The summed E-state index contributed by atoms with van der Waals surface area (Å²) in [4.78, 5) is 26.8. The smallest absolute Gasteiger partial charge is 0.406 e. The number of hydrogen-bond acceptors (Lipinski definition) is 3. The number of likely N-dealkylation sites (tertiary alicyclic amines) is 1. The number of alkyl carbamates (subject to hydrolysis) is 1. The largest absolute Gasteiger partial charge is 0.450 e. The predicted octanol–water partition coefficient (Wildman–Crippen LogP) is 6.14. The fourth-order valence-electron chi connectivity index (χ4n) is 5.01. The zero-order valence-electron chi connectivity index (χ0n) is 20.8. The molecule has 0 unspecified atom stereocenters. The number of carbonyl (C=O) groups excluding carboxylic acids is 2. The summed E-state index contributed by atoms with van der Waals surface area (Å²) < 4.78 is 46.2. The topological polar surface area (TPSA) is 58.6 Å². The fourth-order valence-corrected chi connectivity index (χ4v) is 5.01. The van der Waals surface area contributed by atoms with Crippen molar-refractivity contribution in [3.8, 4) is 11.1 Å². The third-order valence-electron chi connectivity index (χ3n) is 7.22. The van der Waals surface area contributed by atoms with E-state index in [9.17, 15) is 22.8 Å². The molecule has 0 bridgehead atoms. The Morgan fingerprint density at radius 2 is 1.70 bits per heavy atom. The van der Waals surface area contributed by atoms with Crippen molar-refractivity contribution in [2.24, 2.45) is 0 Å². The van der Waals surface area contributed by atoms with Crippen molar-refractivity contribution in [2.45, 2.75) is 37.6 Å². The lowest BCUT2D eigenvalue weighted by Crippen LogP contribution is -2.47. The van der Waals surface area contributed by atoms with E-state index in [4.69, 9.17) is 4.74 Å². The van der Waals surface area contributed by atoms with Gasteiger partial charge in [0, 0.05) is 37.1 Å². The highest BCUT2D eigenvalue weighted by Crippen LogP contribution is 2.41. The van der Waals surface area contributed by atoms with Gasteiger partial charge in [0.2, 0.25) is 5.91 Å². The molecule has 2 amide bonds. The van der Waals surface area contributed by atoms with E-state index in [-0.39, 0.29) is 30.8 Å². The van der Waals surface area contributed by atoms with Crippen LogP contribution in [0.5, 0.6) is 0 Å². The molecule has 5 nitrogen and oxygen atoms in total. The van der Waals surface area contributed by atoms with Crippen molar-refractivity contribution >= 4 is 12.0 Å². The number of ether oxygens (including phenoxy) is 1. The highest BCUT2D eigenvalue weighted by atomic mass is 19.1. The molecule has 1 fully saturated rings. The second-order valence-electron chi connectivity index (χ2n) is 9.36. The number of nitrogens with one attached hydrogen (secondary N) is 1. The maximum Gasteiger partial charge on any atom is 0.406 e. The van der Waals surface area contributed by atoms with Crippen LogP contribution in [-0.2, 0) is 14.9 Å². The molecule has 1 aliphatic rings. The molecule has 2 atom stereocenters. The molecule has 0 saturated carbocycles. The molecular weight excluding hydrogens is 481 g/mol. The highest BCUT2D eigenvalue weighted by Gasteiger charge is 2.41. The molecule has 1 saturated heterocycles. The van der Waals surface area contributed by atoms with E-state index in [2.05, 4.69) is 5.32 Å². The summed E-state index contributed by atoms with van der Waals surface area (Å²) in [6.07, 6.45) is 0.692. The van der Waals surface area contributed by atoms with Crippen LogP contribution in [-0.4, -0.2) is 37.1 Å². The van der Waals surface area contributed by atoms with Gasteiger partial charge in [0.15, 0.2) is 0 Å². The predicted molar refractivity (Wildman–Crippen MR) is 134 cm³/mol. The Morgan fingerprint density at radius 1 is 1.03 bits per heavy atom. The van der Waals surface area contributed by atoms with E-state index in [1.165, 1.54) is 31.3 Å². The molecule has 0 radical (unpaired) electrons. The average Bonchev–Trinajstić information content (AvgIpc) is 2.89. The van der Waals surface area contributed by atoms with Gasteiger partial charge in [-0.05, 0) is 60.7 Å². The van der Waals surface area contributed by atoms with E-state index in [1.54, 1.807) is 29.2 Å². The minimum Gasteiger partial charge on any atom is -0.450 e. The molecule has 0 spiro atoms. The van der Waals surface area contributed by atoms with Crippen LogP contribution in [0.4, 0.5) is 18.0 Å². The summed E-state index contributed by atoms with van der Waals surface area (Å²) in [6, 6.07) is 16.6. The summed E-state index contributed by atoms with van der Waals surface area (Å²) in [5.74, 6) is -1.69.